The second-order valence-electron chi connectivity index (χ2n) is 8.25. The van der Waals surface area contributed by atoms with E-state index in [1.54, 1.807) is 6.20 Å². The summed E-state index contributed by atoms with van der Waals surface area (Å²) in [6, 6.07) is 22.4. The van der Waals surface area contributed by atoms with Crippen LogP contribution < -0.4 is 10.5 Å². The van der Waals surface area contributed by atoms with Crippen molar-refractivity contribution in [2.75, 3.05) is 12.3 Å². The monoisotopic (exact) mass is 438 g/mol. The molecule has 0 amide bonds. The molecular formula is C28H26N2O3. The molecule has 3 aromatic carbocycles. The lowest BCUT2D eigenvalue weighted by Crippen LogP contribution is -2.10. The van der Waals surface area contributed by atoms with E-state index in [9.17, 15) is 4.79 Å². The van der Waals surface area contributed by atoms with E-state index in [1.807, 2.05) is 49.4 Å². The Bertz CT molecular complexity index is 1330. The van der Waals surface area contributed by atoms with Crippen LogP contribution in [-0.4, -0.2) is 17.6 Å². The maximum absolute atomic E-state index is 12.0. The van der Waals surface area contributed by atoms with Crippen LogP contribution in [0.5, 0.6) is 5.75 Å². The summed E-state index contributed by atoms with van der Waals surface area (Å²) in [5.41, 5.74) is 11.7. The first-order valence-electron chi connectivity index (χ1n) is 11.3. The molecule has 33 heavy (non-hydrogen) atoms. The summed E-state index contributed by atoms with van der Waals surface area (Å²) in [5.74, 6) is 1.03. The SMILES string of the molecule is CCOC(=O)Cc1ccccc1O[C@H]1CCc2ccc(-c3cccc4c(N)nccc34)cc21. The van der Waals surface area contributed by atoms with E-state index in [0.717, 1.165) is 46.1 Å². The average molecular weight is 439 g/mol. The number of rotatable bonds is 6. The number of ether oxygens (including phenoxy) is 2. The van der Waals surface area contributed by atoms with Gasteiger partial charge in [0.05, 0.1) is 13.0 Å². The minimum absolute atomic E-state index is 0.0648. The van der Waals surface area contributed by atoms with Gasteiger partial charge in [-0.25, -0.2) is 4.98 Å². The van der Waals surface area contributed by atoms with Crippen molar-refractivity contribution in [1.29, 1.82) is 0 Å². The Morgan fingerprint density at radius 2 is 1.94 bits per heavy atom. The number of carbonyl (C=O) groups excluding carboxylic acids is 1. The predicted octanol–water partition coefficient (Wildman–Crippen LogP) is 5.66. The number of nitrogen functional groups attached to an aromatic ring is 1. The lowest BCUT2D eigenvalue weighted by molar-refractivity contribution is -0.142. The van der Waals surface area contributed by atoms with Crippen molar-refractivity contribution < 1.29 is 14.3 Å². The Labute approximate surface area is 193 Å². The number of aromatic nitrogens is 1. The van der Waals surface area contributed by atoms with Crippen LogP contribution in [0.25, 0.3) is 21.9 Å². The number of anilines is 1. The average Bonchev–Trinajstić information content (AvgIpc) is 3.22. The van der Waals surface area contributed by atoms with Gasteiger partial charge in [-0.1, -0.05) is 48.5 Å². The lowest BCUT2D eigenvalue weighted by atomic mass is 9.96. The molecule has 0 spiro atoms. The minimum Gasteiger partial charge on any atom is -0.485 e. The molecule has 0 unspecified atom stereocenters. The topological polar surface area (TPSA) is 74.4 Å². The van der Waals surface area contributed by atoms with Crippen LogP contribution in [0.3, 0.4) is 0 Å². The van der Waals surface area contributed by atoms with Crippen LogP contribution in [0.1, 0.15) is 36.1 Å². The first kappa shape index (κ1) is 21.0. The van der Waals surface area contributed by atoms with Gasteiger partial charge in [0.1, 0.15) is 17.7 Å². The van der Waals surface area contributed by atoms with Crippen LogP contribution >= 0.6 is 0 Å². The molecule has 0 saturated carbocycles. The summed E-state index contributed by atoms with van der Waals surface area (Å²) in [4.78, 5) is 16.3. The lowest BCUT2D eigenvalue weighted by Gasteiger charge is -2.18. The summed E-state index contributed by atoms with van der Waals surface area (Å²) in [7, 11) is 0. The Morgan fingerprint density at radius 3 is 2.82 bits per heavy atom. The van der Waals surface area contributed by atoms with Gasteiger partial charge in [-0.05, 0) is 65.6 Å². The zero-order valence-electron chi connectivity index (χ0n) is 18.6. The van der Waals surface area contributed by atoms with E-state index in [1.165, 1.54) is 11.1 Å². The first-order valence-corrected chi connectivity index (χ1v) is 11.3. The van der Waals surface area contributed by atoms with E-state index in [-0.39, 0.29) is 18.5 Å². The molecule has 1 aliphatic carbocycles. The standard InChI is InChI=1S/C28H26N2O3/c1-2-32-27(31)17-20-6-3-4-9-25(20)33-26-13-12-18-10-11-19(16-24(18)26)21-7-5-8-23-22(21)14-15-30-28(23)29/h3-11,14-16,26H,2,12-13,17H2,1H3,(H2,29,30)/t26-/m0/s1. The number of pyridine rings is 1. The molecule has 5 rings (SSSR count). The number of fused-ring (bicyclic) bond motifs is 2. The molecule has 166 valence electrons. The zero-order valence-corrected chi connectivity index (χ0v) is 18.6. The Kier molecular flexibility index (Phi) is 5.69. The zero-order chi connectivity index (χ0) is 22.8. The molecular weight excluding hydrogens is 412 g/mol. The van der Waals surface area contributed by atoms with Crippen molar-refractivity contribution in [2.45, 2.75) is 32.3 Å². The van der Waals surface area contributed by atoms with Gasteiger partial charge in [0.2, 0.25) is 0 Å². The van der Waals surface area contributed by atoms with Gasteiger partial charge in [-0.2, -0.15) is 0 Å². The third kappa shape index (κ3) is 4.14. The highest BCUT2D eigenvalue weighted by Crippen LogP contribution is 2.39. The molecule has 1 aromatic heterocycles. The van der Waals surface area contributed by atoms with Crippen LogP contribution in [0.2, 0.25) is 0 Å². The molecule has 1 heterocycles. The molecule has 5 nitrogen and oxygen atoms in total. The van der Waals surface area contributed by atoms with Gasteiger partial charge >= 0.3 is 5.97 Å². The number of carbonyl (C=O) groups is 1. The molecule has 0 bridgehead atoms. The first-order chi connectivity index (χ1) is 16.1. The number of benzene rings is 3. The van der Waals surface area contributed by atoms with E-state index in [2.05, 4.69) is 29.2 Å². The Morgan fingerprint density at radius 1 is 1.06 bits per heavy atom. The molecule has 1 aliphatic rings. The van der Waals surface area contributed by atoms with Gasteiger partial charge in [-0.3, -0.25) is 4.79 Å². The number of nitrogens with zero attached hydrogens (tertiary/aromatic N) is 1. The molecule has 0 aliphatic heterocycles. The number of nitrogens with two attached hydrogens (primary N) is 1. The summed E-state index contributed by atoms with van der Waals surface area (Å²) >= 11 is 0. The van der Waals surface area contributed by atoms with Crippen molar-refractivity contribution in [1.82, 2.24) is 4.98 Å². The maximum Gasteiger partial charge on any atom is 0.310 e. The number of esters is 1. The molecule has 5 heteroatoms. The molecule has 0 fully saturated rings. The van der Waals surface area contributed by atoms with Crippen molar-refractivity contribution in [2.24, 2.45) is 0 Å². The van der Waals surface area contributed by atoms with Gasteiger partial charge in [-0.15, -0.1) is 0 Å². The highest BCUT2D eigenvalue weighted by molar-refractivity contribution is 6.01. The molecule has 1 atom stereocenters. The summed E-state index contributed by atoms with van der Waals surface area (Å²) in [6.07, 6.45) is 3.76. The van der Waals surface area contributed by atoms with Crippen molar-refractivity contribution in [3.63, 3.8) is 0 Å². The summed E-state index contributed by atoms with van der Waals surface area (Å²) in [6.45, 7) is 2.19. The van der Waals surface area contributed by atoms with Crippen LogP contribution in [-0.2, 0) is 22.4 Å². The van der Waals surface area contributed by atoms with E-state index in [4.69, 9.17) is 15.2 Å². The fourth-order valence-corrected chi connectivity index (χ4v) is 4.62. The van der Waals surface area contributed by atoms with Crippen molar-refractivity contribution in [3.05, 3.63) is 89.6 Å². The van der Waals surface area contributed by atoms with E-state index < -0.39 is 0 Å². The van der Waals surface area contributed by atoms with Gasteiger partial charge < -0.3 is 15.2 Å². The van der Waals surface area contributed by atoms with Gasteiger partial charge in [0, 0.05) is 17.1 Å². The Hall–Kier alpha value is -3.86. The number of aryl methyl sites for hydroxylation is 1. The summed E-state index contributed by atoms with van der Waals surface area (Å²) < 4.78 is 11.6. The second kappa shape index (κ2) is 8.94. The minimum atomic E-state index is -0.243. The van der Waals surface area contributed by atoms with Gasteiger partial charge in [0.25, 0.3) is 0 Å². The van der Waals surface area contributed by atoms with E-state index >= 15 is 0 Å². The highest BCUT2D eigenvalue weighted by Gasteiger charge is 2.26. The van der Waals surface area contributed by atoms with Crippen LogP contribution in [0.4, 0.5) is 5.82 Å². The molecule has 4 aromatic rings. The fourth-order valence-electron chi connectivity index (χ4n) is 4.62. The fraction of sp³-hybridized carbons (Fsp3) is 0.214. The van der Waals surface area contributed by atoms with Gasteiger partial charge in [0.15, 0.2) is 0 Å². The number of hydrogen-bond donors (Lipinski definition) is 1. The third-order valence-corrected chi connectivity index (χ3v) is 6.20. The van der Waals surface area contributed by atoms with Crippen molar-refractivity contribution in [3.8, 4) is 16.9 Å². The molecule has 2 N–H and O–H groups in total. The third-order valence-electron chi connectivity index (χ3n) is 6.20. The van der Waals surface area contributed by atoms with Crippen LogP contribution in [0.15, 0.2) is 72.9 Å². The summed E-state index contributed by atoms with van der Waals surface area (Å²) in [5, 5.41) is 2.04. The number of hydrogen-bond acceptors (Lipinski definition) is 5. The molecule has 0 saturated heterocycles. The normalized spacial score (nSPS) is 14.8. The molecule has 0 radical (unpaired) electrons. The van der Waals surface area contributed by atoms with E-state index in [0.29, 0.717) is 12.4 Å². The van der Waals surface area contributed by atoms with Crippen molar-refractivity contribution >= 4 is 22.6 Å². The Balaban J connectivity index is 1.47. The predicted molar refractivity (Wildman–Crippen MR) is 130 cm³/mol. The second-order valence-corrected chi connectivity index (χ2v) is 8.25. The smallest absolute Gasteiger partial charge is 0.310 e. The number of para-hydroxylation sites is 1. The highest BCUT2D eigenvalue weighted by atomic mass is 16.5. The maximum atomic E-state index is 12.0. The quantitative estimate of drug-likeness (QED) is 0.394. The van der Waals surface area contributed by atoms with Crippen LogP contribution in [0, 0.1) is 0 Å². The largest absolute Gasteiger partial charge is 0.485 e.